The van der Waals surface area contributed by atoms with E-state index in [1.54, 1.807) is 24.3 Å². The molecule has 1 aliphatic heterocycles. The third-order valence-electron chi connectivity index (χ3n) is 3.77. The van der Waals surface area contributed by atoms with Gasteiger partial charge in [-0.15, -0.1) is 0 Å². The molecule has 1 unspecified atom stereocenters. The van der Waals surface area contributed by atoms with E-state index in [2.05, 4.69) is 0 Å². The molecule has 2 aromatic rings. The minimum Gasteiger partial charge on any atom is -0.482 e. The Labute approximate surface area is 122 Å². The van der Waals surface area contributed by atoms with Gasteiger partial charge in [-0.05, 0) is 30.2 Å². The molecule has 0 fully saturated rings. The van der Waals surface area contributed by atoms with Crippen LogP contribution in [0.2, 0.25) is 0 Å². The van der Waals surface area contributed by atoms with Crippen molar-refractivity contribution in [1.82, 2.24) is 0 Å². The van der Waals surface area contributed by atoms with E-state index in [1.165, 1.54) is 6.07 Å². The maximum atomic E-state index is 13.9. The van der Waals surface area contributed by atoms with Gasteiger partial charge >= 0.3 is 0 Å². The number of carbonyl (C=O) groups is 1. The van der Waals surface area contributed by atoms with Gasteiger partial charge in [0.2, 0.25) is 0 Å². The number of rotatable bonds is 2. The Morgan fingerprint density at radius 2 is 2.10 bits per heavy atom. The van der Waals surface area contributed by atoms with Crippen molar-refractivity contribution in [2.24, 2.45) is 0 Å². The molecule has 0 spiro atoms. The normalized spacial score (nSPS) is 17.2. The molecule has 1 atom stereocenters. The summed E-state index contributed by atoms with van der Waals surface area (Å²) in [6, 6.07) is 9.95. The summed E-state index contributed by atoms with van der Waals surface area (Å²) in [4.78, 5) is 12.3. The van der Waals surface area contributed by atoms with Crippen molar-refractivity contribution in [3.8, 4) is 5.75 Å². The number of aryl methyl sites for hydroxylation is 1. The molecule has 0 saturated carbocycles. The number of hydrogen-bond donors (Lipinski definition) is 1. The van der Waals surface area contributed by atoms with Gasteiger partial charge in [0.15, 0.2) is 11.5 Å². The number of nitrogen functional groups attached to an aromatic ring is 1. The summed E-state index contributed by atoms with van der Waals surface area (Å²) in [6.45, 7) is 2.00. The van der Waals surface area contributed by atoms with Crippen LogP contribution in [0, 0.1) is 5.82 Å². The van der Waals surface area contributed by atoms with Crippen molar-refractivity contribution in [2.45, 2.75) is 25.9 Å². The minimum atomic E-state index is -0.624. The number of ether oxygens (including phenoxy) is 1. The molecule has 4 heteroatoms. The molecule has 1 heterocycles. The molecule has 0 radical (unpaired) electrons. The Kier molecular flexibility index (Phi) is 3.37. The lowest BCUT2D eigenvalue weighted by atomic mass is 9.93. The topological polar surface area (TPSA) is 52.3 Å². The van der Waals surface area contributed by atoms with Crippen LogP contribution in [-0.4, -0.2) is 5.78 Å². The predicted octanol–water partition coefficient (Wildman–Crippen LogP) is 3.68. The Hall–Kier alpha value is -2.36. The third kappa shape index (κ3) is 2.37. The van der Waals surface area contributed by atoms with Crippen molar-refractivity contribution in [3.05, 3.63) is 58.9 Å². The highest BCUT2D eigenvalue weighted by Crippen LogP contribution is 2.40. The number of anilines is 1. The molecule has 1 aliphatic rings. The van der Waals surface area contributed by atoms with Gasteiger partial charge in [0.1, 0.15) is 11.9 Å². The summed E-state index contributed by atoms with van der Waals surface area (Å²) >= 11 is 0. The number of halogens is 1. The summed E-state index contributed by atoms with van der Waals surface area (Å²) in [5.74, 6) is -0.0642. The Morgan fingerprint density at radius 1 is 1.33 bits per heavy atom. The monoisotopic (exact) mass is 285 g/mol. The van der Waals surface area contributed by atoms with Crippen molar-refractivity contribution < 1.29 is 13.9 Å². The fourth-order valence-electron chi connectivity index (χ4n) is 2.63. The molecular weight excluding hydrogens is 269 g/mol. The molecule has 0 saturated heterocycles. The van der Waals surface area contributed by atoms with E-state index in [1.807, 2.05) is 13.0 Å². The van der Waals surface area contributed by atoms with E-state index in [9.17, 15) is 9.18 Å². The number of carbonyl (C=O) groups excluding carboxylic acids is 1. The largest absolute Gasteiger partial charge is 0.482 e. The van der Waals surface area contributed by atoms with E-state index < -0.39 is 6.10 Å². The maximum Gasteiger partial charge on any atom is 0.170 e. The summed E-state index contributed by atoms with van der Waals surface area (Å²) in [7, 11) is 0. The number of benzene rings is 2. The van der Waals surface area contributed by atoms with Crippen molar-refractivity contribution in [3.63, 3.8) is 0 Å². The zero-order valence-corrected chi connectivity index (χ0v) is 11.7. The van der Waals surface area contributed by atoms with Gasteiger partial charge in [-0.3, -0.25) is 4.79 Å². The lowest BCUT2D eigenvalue weighted by molar-refractivity contribution is 0.0847. The van der Waals surface area contributed by atoms with Gasteiger partial charge in [0.05, 0.1) is 17.7 Å². The second-order valence-corrected chi connectivity index (χ2v) is 5.17. The lowest BCUT2D eigenvalue weighted by Gasteiger charge is -2.27. The van der Waals surface area contributed by atoms with E-state index in [4.69, 9.17) is 10.5 Å². The maximum absolute atomic E-state index is 13.9. The van der Waals surface area contributed by atoms with Gasteiger partial charge in [-0.1, -0.05) is 25.1 Å². The first-order valence-electron chi connectivity index (χ1n) is 6.96. The predicted molar refractivity (Wildman–Crippen MR) is 78.9 cm³/mol. The second-order valence-electron chi connectivity index (χ2n) is 5.17. The van der Waals surface area contributed by atoms with Gasteiger partial charge in [-0.2, -0.15) is 0 Å². The van der Waals surface area contributed by atoms with Crippen molar-refractivity contribution in [1.29, 1.82) is 0 Å². The molecule has 3 rings (SSSR count). The van der Waals surface area contributed by atoms with Crippen LogP contribution in [0.15, 0.2) is 36.4 Å². The average molecular weight is 285 g/mol. The van der Waals surface area contributed by atoms with Crippen LogP contribution >= 0.6 is 0 Å². The number of ketones is 1. The Balaban J connectivity index is 2.03. The van der Waals surface area contributed by atoms with Crippen LogP contribution in [0.3, 0.4) is 0 Å². The number of hydrogen-bond acceptors (Lipinski definition) is 3. The fraction of sp³-hybridized carbons (Fsp3) is 0.235. The molecule has 108 valence electrons. The molecule has 3 nitrogen and oxygen atoms in total. The molecular formula is C17H16FNO2. The van der Waals surface area contributed by atoms with Crippen LogP contribution in [-0.2, 0) is 6.42 Å². The molecule has 0 amide bonds. The summed E-state index contributed by atoms with van der Waals surface area (Å²) < 4.78 is 19.7. The number of Topliss-reactive ketones (excluding diaryl/α,β-unsaturated/α-hetero) is 1. The van der Waals surface area contributed by atoms with Gasteiger partial charge in [-0.25, -0.2) is 4.39 Å². The van der Waals surface area contributed by atoms with Crippen molar-refractivity contribution in [2.75, 3.05) is 5.73 Å². The first-order valence-corrected chi connectivity index (χ1v) is 6.96. The van der Waals surface area contributed by atoms with Crippen molar-refractivity contribution >= 4 is 11.5 Å². The van der Waals surface area contributed by atoms with Crippen LogP contribution in [0.25, 0.3) is 0 Å². The van der Waals surface area contributed by atoms with Crippen LogP contribution in [0.5, 0.6) is 5.75 Å². The summed E-state index contributed by atoms with van der Waals surface area (Å²) in [5.41, 5.74) is 8.29. The Morgan fingerprint density at radius 3 is 2.81 bits per heavy atom. The zero-order chi connectivity index (χ0) is 15.0. The van der Waals surface area contributed by atoms with Crippen LogP contribution in [0.4, 0.5) is 10.1 Å². The highest BCUT2D eigenvalue weighted by atomic mass is 19.1. The Bertz CT molecular complexity index is 712. The molecule has 2 N–H and O–H groups in total. The smallest absolute Gasteiger partial charge is 0.170 e. The van der Waals surface area contributed by atoms with E-state index in [0.29, 0.717) is 22.6 Å². The van der Waals surface area contributed by atoms with Crippen LogP contribution in [0.1, 0.15) is 40.9 Å². The number of nitrogens with two attached hydrogens (primary N) is 1. The standard InChI is InChI=1S/C17H16FNO2/c1-2-10-7-12-15(20)9-16(21-17(12)14(19)8-10)11-5-3-4-6-13(11)18/h3-8,16H,2,9,19H2,1H3. The molecule has 0 aromatic heterocycles. The molecule has 21 heavy (non-hydrogen) atoms. The van der Waals surface area contributed by atoms with Gasteiger partial charge in [0, 0.05) is 5.56 Å². The molecule has 0 bridgehead atoms. The minimum absolute atomic E-state index is 0.0634. The molecule has 0 aliphatic carbocycles. The van der Waals surface area contributed by atoms with E-state index >= 15 is 0 Å². The first kappa shape index (κ1) is 13.6. The summed E-state index contributed by atoms with van der Waals surface area (Å²) in [6.07, 6.45) is 0.295. The summed E-state index contributed by atoms with van der Waals surface area (Å²) in [5, 5.41) is 0. The lowest BCUT2D eigenvalue weighted by Crippen LogP contribution is -2.22. The quantitative estimate of drug-likeness (QED) is 0.856. The van der Waals surface area contributed by atoms with E-state index in [-0.39, 0.29) is 18.0 Å². The highest BCUT2D eigenvalue weighted by molar-refractivity contribution is 6.01. The number of fused-ring (bicyclic) bond motifs is 1. The molecule has 2 aromatic carbocycles. The van der Waals surface area contributed by atoms with Crippen LogP contribution < -0.4 is 10.5 Å². The SMILES string of the molecule is CCc1cc(N)c2c(c1)C(=O)CC(c1ccccc1F)O2. The van der Waals surface area contributed by atoms with Gasteiger partial charge in [0.25, 0.3) is 0 Å². The zero-order valence-electron chi connectivity index (χ0n) is 11.7. The highest BCUT2D eigenvalue weighted by Gasteiger charge is 2.30. The van der Waals surface area contributed by atoms with Gasteiger partial charge < -0.3 is 10.5 Å². The van der Waals surface area contributed by atoms with E-state index in [0.717, 1.165) is 12.0 Å². The second kappa shape index (κ2) is 5.20. The third-order valence-corrected chi connectivity index (χ3v) is 3.77. The fourth-order valence-corrected chi connectivity index (χ4v) is 2.63. The average Bonchev–Trinajstić information content (AvgIpc) is 2.48. The first-order chi connectivity index (χ1) is 10.1.